The fourth-order valence-electron chi connectivity index (χ4n) is 3.58. The maximum atomic E-state index is 12.8. The Morgan fingerprint density at radius 3 is 2.50 bits per heavy atom. The van der Waals surface area contributed by atoms with Crippen molar-refractivity contribution in [3.05, 3.63) is 107 Å². The summed E-state index contributed by atoms with van der Waals surface area (Å²) in [7, 11) is 0. The second kappa shape index (κ2) is 11.9. The fraction of sp³-hybridized carbons (Fsp3) is 0.138. The van der Waals surface area contributed by atoms with Gasteiger partial charge in [0.15, 0.2) is 0 Å². The summed E-state index contributed by atoms with van der Waals surface area (Å²) in [5.41, 5.74) is 3.72. The van der Waals surface area contributed by atoms with Crippen molar-refractivity contribution in [1.29, 1.82) is 5.26 Å². The van der Waals surface area contributed by atoms with Gasteiger partial charge in [0.25, 0.3) is 5.91 Å². The molecule has 0 fully saturated rings. The highest BCUT2D eigenvalue weighted by Gasteiger charge is 2.16. The molecule has 4 aromatic rings. The lowest BCUT2D eigenvalue weighted by Gasteiger charge is -2.08. The Balaban J connectivity index is 1.69. The number of ether oxygens (including phenoxy) is 1. The first-order valence-corrected chi connectivity index (χ1v) is 12.0. The quantitative estimate of drug-likeness (QED) is 0.221. The summed E-state index contributed by atoms with van der Waals surface area (Å²) >= 11 is 6.48. The first-order valence-electron chi connectivity index (χ1n) is 11.6. The first kappa shape index (κ1) is 24.8. The van der Waals surface area contributed by atoms with Crippen molar-refractivity contribution in [2.45, 2.75) is 19.9 Å². The van der Waals surface area contributed by atoms with Crippen molar-refractivity contribution in [1.82, 2.24) is 15.1 Å². The van der Waals surface area contributed by atoms with Gasteiger partial charge in [0.05, 0.1) is 17.3 Å². The number of halogens is 1. The molecule has 4 rings (SSSR count). The molecule has 180 valence electrons. The molecule has 0 saturated heterocycles. The van der Waals surface area contributed by atoms with Gasteiger partial charge < -0.3 is 10.1 Å². The van der Waals surface area contributed by atoms with Crippen LogP contribution in [0.1, 0.15) is 24.5 Å². The number of nitrogens with zero attached hydrogens (tertiary/aromatic N) is 3. The third-order valence-electron chi connectivity index (χ3n) is 5.39. The zero-order valence-corrected chi connectivity index (χ0v) is 20.6. The third kappa shape index (κ3) is 6.01. The number of nitriles is 1. The molecule has 0 radical (unpaired) electrons. The summed E-state index contributed by atoms with van der Waals surface area (Å²) in [6.07, 6.45) is 4.22. The van der Waals surface area contributed by atoms with Crippen molar-refractivity contribution in [3.63, 3.8) is 0 Å². The number of para-hydroxylation sites is 1. The predicted octanol–water partition coefficient (Wildman–Crippen LogP) is 6.20. The van der Waals surface area contributed by atoms with E-state index in [-0.39, 0.29) is 5.57 Å². The smallest absolute Gasteiger partial charge is 0.262 e. The highest BCUT2D eigenvalue weighted by molar-refractivity contribution is 6.32. The minimum absolute atomic E-state index is 0.0196. The summed E-state index contributed by atoms with van der Waals surface area (Å²) in [4.78, 5) is 12.8. The molecule has 36 heavy (non-hydrogen) atoms. The maximum absolute atomic E-state index is 12.8. The molecule has 0 spiro atoms. The van der Waals surface area contributed by atoms with E-state index in [1.54, 1.807) is 29.1 Å². The molecule has 7 heteroatoms. The van der Waals surface area contributed by atoms with Crippen LogP contribution in [0, 0.1) is 11.3 Å². The van der Waals surface area contributed by atoms with Gasteiger partial charge >= 0.3 is 0 Å². The van der Waals surface area contributed by atoms with E-state index >= 15 is 0 Å². The Hall–Kier alpha value is -4.34. The van der Waals surface area contributed by atoms with Crippen molar-refractivity contribution >= 4 is 23.6 Å². The van der Waals surface area contributed by atoms with Crippen LogP contribution in [0.15, 0.2) is 90.6 Å². The van der Waals surface area contributed by atoms with Gasteiger partial charge in [-0.25, -0.2) is 4.68 Å². The standard InChI is InChI=1S/C29H25ClN4O2/c1-2-15-36-27-14-13-22(17-26(27)30)28-24(20-34(33-28)25-11-7-4-8-12-25)16-23(18-31)29(35)32-19-21-9-5-3-6-10-21/h3-14,16-17,20H,2,15,19H2,1H3,(H,32,35)/b23-16-. The number of rotatable bonds is 9. The zero-order valence-electron chi connectivity index (χ0n) is 19.8. The highest BCUT2D eigenvalue weighted by atomic mass is 35.5. The van der Waals surface area contributed by atoms with Crippen molar-refractivity contribution in [2.24, 2.45) is 0 Å². The Labute approximate surface area is 215 Å². The number of amides is 1. The molecule has 1 aromatic heterocycles. The lowest BCUT2D eigenvalue weighted by atomic mass is 10.1. The van der Waals surface area contributed by atoms with Crippen LogP contribution in [0.25, 0.3) is 23.0 Å². The van der Waals surface area contributed by atoms with E-state index < -0.39 is 5.91 Å². The molecule has 1 N–H and O–H groups in total. The number of aromatic nitrogens is 2. The van der Waals surface area contributed by atoms with Crippen molar-refractivity contribution < 1.29 is 9.53 Å². The molecule has 1 amide bonds. The van der Waals surface area contributed by atoms with E-state index in [4.69, 9.17) is 21.4 Å². The van der Waals surface area contributed by atoms with Gasteiger partial charge in [-0.2, -0.15) is 10.4 Å². The van der Waals surface area contributed by atoms with Crippen LogP contribution < -0.4 is 10.1 Å². The van der Waals surface area contributed by atoms with Gasteiger partial charge in [-0.05, 0) is 48.4 Å². The van der Waals surface area contributed by atoms with E-state index in [9.17, 15) is 10.1 Å². The van der Waals surface area contributed by atoms with Gasteiger partial charge in [-0.15, -0.1) is 0 Å². The summed E-state index contributed by atoms with van der Waals surface area (Å²) < 4.78 is 7.41. The topological polar surface area (TPSA) is 79.9 Å². The number of carbonyl (C=O) groups is 1. The molecule has 6 nitrogen and oxygen atoms in total. The van der Waals surface area contributed by atoms with Gasteiger partial charge in [0, 0.05) is 23.9 Å². The predicted molar refractivity (Wildman–Crippen MR) is 142 cm³/mol. The number of hydrogen-bond acceptors (Lipinski definition) is 4. The third-order valence-corrected chi connectivity index (χ3v) is 5.69. The molecule has 0 aliphatic rings. The fourth-order valence-corrected chi connectivity index (χ4v) is 3.82. The van der Waals surface area contributed by atoms with E-state index in [0.29, 0.717) is 35.2 Å². The first-order chi connectivity index (χ1) is 17.6. The zero-order chi connectivity index (χ0) is 25.3. The average Bonchev–Trinajstić information content (AvgIpc) is 3.34. The largest absolute Gasteiger partial charge is 0.492 e. The Morgan fingerprint density at radius 2 is 1.83 bits per heavy atom. The lowest BCUT2D eigenvalue weighted by Crippen LogP contribution is -2.23. The Kier molecular flexibility index (Phi) is 8.17. The Morgan fingerprint density at radius 1 is 1.11 bits per heavy atom. The minimum atomic E-state index is -0.457. The van der Waals surface area contributed by atoms with E-state index in [0.717, 1.165) is 23.2 Å². The van der Waals surface area contributed by atoms with Crippen LogP contribution in [0.4, 0.5) is 0 Å². The maximum Gasteiger partial charge on any atom is 0.262 e. The van der Waals surface area contributed by atoms with Crippen LogP contribution in [0.3, 0.4) is 0 Å². The summed E-state index contributed by atoms with van der Waals surface area (Å²) in [5.74, 6) is 0.140. The number of hydrogen-bond donors (Lipinski definition) is 1. The van der Waals surface area contributed by atoms with Crippen LogP contribution >= 0.6 is 11.6 Å². The molecule has 0 bridgehead atoms. The monoisotopic (exact) mass is 496 g/mol. The van der Waals surface area contributed by atoms with E-state index in [1.165, 1.54) is 0 Å². The second-order valence-electron chi connectivity index (χ2n) is 8.04. The minimum Gasteiger partial charge on any atom is -0.492 e. The normalized spacial score (nSPS) is 11.1. The molecule has 0 atom stereocenters. The highest BCUT2D eigenvalue weighted by Crippen LogP contribution is 2.32. The van der Waals surface area contributed by atoms with Crippen LogP contribution in [0.5, 0.6) is 5.75 Å². The van der Waals surface area contributed by atoms with Gasteiger partial charge in [-0.1, -0.05) is 67.1 Å². The molecule has 3 aromatic carbocycles. The lowest BCUT2D eigenvalue weighted by molar-refractivity contribution is -0.117. The summed E-state index contributed by atoms with van der Waals surface area (Å²) in [6.45, 7) is 2.92. The summed E-state index contributed by atoms with van der Waals surface area (Å²) in [6, 6.07) is 26.6. The molecular formula is C29H25ClN4O2. The van der Waals surface area contributed by atoms with Crippen LogP contribution in [-0.2, 0) is 11.3 Å². The van der Waals surface area contributed by atoms with E-state index in [1.807, 2.05) is 79.7 Å². The Bertz CT molecular complexity index is 1410. The summed E-state index contributed by atoms with van der Waals surface area (Å²) in [5, 5.41) is 17.8. The van der Waals surface area contributed by atoms with Gasteiger partial charge in [0.1, 0.15) is 23.1 Å². The van der Waals surface area contributed by atoms with E-state index in [2.05, 4.69) is 5.32 Å². The SMILES string of the molecule is CCCOc1ccc(-c2nn(-c3ccccc3)cc2/C=C(/C#N)C(=O)NCc2ccccc2)cc1Cl. The second-order valence-corrected chi connectivity index (χ2v) is 8.45. The van der Waals surface area contributed by atoms with Crippen LogP contribution in [-0.4, -0.2) is 22.3 Å². The number of nitrogens with one attached hydrogen (secondary N) is 1. The molecule has 1 heterocycles. The van der Waals surface area contributed by atoms with Gasteiger partial charge in [0.2, 0.25) is 0 Å². The van der Waals surface area contributed by atoms with Gasteiger partial charge in [-0.3, -0.25) is 4.79 Å². The molecule has 0 unspecified atom stereocenters. The molecule has 0 aliphatic carbocycles. The number of carbonyl (C=O) groups excluding carboxylic acids is 1. The average molecular weight is 497 g/mol. The van der Waals surface area contributed by atoms with Crippen molar-refractivity contribution in [3.8, 4) is 28.8 Å². The molecule has 0 aliphatic heterocycles. The van der Waals surface area contributed by atoms with Crippen LogP contribution in [0.2, 0.25) is 5.02 Å². The molecular weight excluding hydrogens is 472 g/mol. The van der Waals surface area contributed by atoms with Crippen molar-refractivity contribution in [2.75, 3.05) is 6.61 Å². The number of benzene rings is 3. The molecule has 0 saturated carbocycles.